The van der Waals surface area contributed by atoms with Gasteiger partial charge in [-0.2, -0.15) is 9.78 Å². The average Bonchev–Trinajstić information content (AvgIpc) is 2.97. The Kier molecular flexibility index (Phi) is 6.85. The minimum absolute atomic E-state index is 0.106. The molecule has 0 spiro atoms. The largest absolute Gasteiger partial charge is 0.378 e. The number of carbonyl (C=O) groups excluding carboxylic acids is 1. The van der Waals surface area contributed by atoms with E-state index < -0.39 is 0 Å². The third-order valence-corrected chi connectivity index (χ3v) is 6.78. The molecular formula is C29H27N5O4. The van der Waals surface area contributed by atoms with Crippen molar-refractivity contribution < 1.29 is 9.53 Å². The average molecular weight is 510 g/mol. The highest BCUT2D eigenvalue weighted by Gasteiger charge is 2.20. The summed E-state index contributed by atoms with van der Waals surface area (Å²) in [5.41, 5.74) is 3.55. The van der Waals surface area contributed by atoms with Crippen molar-refractivity contribution in [1.82, 2.24) is 9.78 Å². The smallest absolute Gasteiger partial charge is 0.279 e. The van der Waals surface area contributed by atoms with E-state index >= 15 is 0 Å². The van der Waals surface area contributed by atoms with Gasteiger partial charge in [-0.1, -0.05) is 30.9 Å². The minimum Gasteiger partial charge on any atom is -0.378 e. The molecule has 4 aromatic rings. The number of carbonyl (C=O) groups is 1. The number of morpholine rings is 1. The van der Waals surface area contributed by atoms with E-state index in [1.54, 1.807) is 37.4 Å². The number of ether oxygens (including phenoxy) is 1. The van der Waals surface area contributed by atoms with Crippen molar-refractivity contribution in [3.63, 3.8) is 0 Å². The second kappa shape index (κ2) is 10.4. The lowest BCUT2D eigenvalue weighted by Gasteiger charge is -2.29. The molecule has 1 amide bonds. The maximum absolute atomic E-state index is 13.7. The molecule has 38 heavy (non-hydrogen) atoms. The number of fused-ring (bicyclic) bond motifs is 1. The number of rotatable bonds is 6. The summed E-state index contributed by atoms with van der Waals surface area (Å²) in [6.45, 7) is 7.96. The number of nitroso groups, excluding NO2 is 1. The Morgan fingerprint density at radius 2 is 1.82 bits per heavy atom. The van der Waals surface area contributed by atoms with Crippen molar-refractivity contribution in [2.24, 2.45) is 5.18 Å². The van der Waals surface area contributed by atoms with Crippen LogP contribution in [0.4, 0.5) is 17.1 Å². The molecule has 1 aliphatic rings. The SMILES string of the molecule is C=Cc1cc(-c2nn(-c3cc(N4CCOCC4)ccc3N=O)c(=O)c3ccccc23)cc(N(C)C(C)=O)c1. The Labute approximate surface area is 219 Å². The molecule has 1 fully saturated rings. The van der Waals surface area contributed by atoms with E-state index in [4.69, 9.17) is 9.84 Å². The quantitative estimate of drug-likeness (QED) is 0.343. The van der Waals surface area contributed by atoms with E-state index in [2.05, 4.69) is 16.7 Å². The summed E-state index contributed by atoms with van der Waals surface area (Å²) in [5, 5.41) is 9.06. The van der Waals surface area contributed by atoms with Crippen LogP contribution in [0.2, 0.25) is 0 Å². The van der Waals surface area contributed by atoms with Gasteiger partial charge in [0.25, 0.3) is 5.56 Å². The van der Waals surface area contributed by atoms with E-state index in [1.807, 2.05) is 36.4 Å². The maximum atomic E-state index is 13.7. The third-order valence-electron chi connectivity index (χ3n) is 6.78. The Morgan fingerprint density at radius 1 is 1.08 bits per heavy atom. The molecular weight excluding hydrogens is 482 g/mol. The van der Waals surface area contributed by atoms with E-state index in [0.29, 0.717) is 59.7 Å². The summed E-state index contributed by atoms with van der Waals surface area (Å²) in [5.74, 6) is -0.124. The van der Waals surface area contributed by atoms with E-state index in [-0.39, 0.29) is 17.2 Å². The van der Waals surface area contributed by atoms with E-state index in [9.17, 15) is 14.5 Å². The number of anilines is 2. The van der Waals surface area contributed by atoms with Gasteiger partial charge in [0.2, 0.25) is 5.91 Å². The first kappa shape index (κ1) is 25.0. The van der Waals surface area contributed by atoms with Crippen molar-refractivity contribution in [1.29, 1.82) is 0 Å². The van der Waals surface area contributed by atoms with Crippen LogP contribution in [-0.4, -0.2) is 49.0 Å². The van der Waals surface area contributed by atoms with Crippen molar-refractivity contribution in [3.05, 3.63) is 88.1 Å². The van der Waals surface area contributed by atoms with Gasteiger partial charge in [0.1, 0.15) is 11.4 Å². The standard InChI is InChI=1S/C29H27N5O4/c1-4-20-15-21(17-23(16-20)32(3)19(2)35)28-24-7-5-6-8-25(24)29(36)34(30-28)27-18-22(9-10-26(27)31-37)33-11-13-38-14-12-33/h4-10,15-18H,1,11-14H2,2-3H3. The Bertz CT molecular complexity index is 1620. The fraction of sp³-hybridized carbons (Fsp3) is 0.207. The number of benzene rings is 3. The van der Waals surface area contributed by atoms with Crippen LogP contribution >= 0.6 is 0 Å². The number of hydrogen-bond donors (Lipinski definition) is 0. The van der Waals surface area contributed by atoms with Crippen LogP contribution in [0.25, 0.3) is 33.8 Å². The summed E-state index contributed by atoms with van der Waals surface area (Å²) in [7, 11) is 1.69. The van der Waals surface area contributed by atoms with E-state index in [1.165, 1.54) is 16.5 Å². The Balaban J connectivity index is 1.77. The molecule has 0 N–H and O–H groups in total. The summed E-state index contributed by atoms with van der Waals surface area (Å²) in [6.07, 6.45) is 1.69. The lowest BCUT2D eigenvalue weighted by atomic mass is 10.0. The topological polar surface area (TPSA) is 97.1 Å². The van der Waals surface area contributed by atoms with Crippen molar-refractivity contribution in [3.8, 4) is 16.9 Å². The van der Waals surface area contributed by atoms with Gasteiger partial charge in [-0.05, 0) is 53.2 Å². The number of aromatic nitrogens is 2. The second-order valence-corrected chi connectivity index (χ2v) is 9.07. The van der Waals surface area contributed by atoms with E-state index in [0.717, 1.165) is 11.3 Å². The van der Waals surface area contributed by atoms with Gasteiger partial charge in [-0.15, -0.1) is 4.91 Å². The molecule has 0 aliphatic carbocycles. The van der Waals surface area contributed by atoms with Gasteiger partial charge in [-0.25, -0.2) is 0 Å². The number of amides is 1. The molecule has 0 radical (unpaired) electrons. The minimum atomic E-state index is -0.366. The lowest BCUT2D eigenvalue weighted by Crippen LogP contribution is -2.36. The van der Waals surface area contributed by atoms with Crippen LogP contribution < -0.4 is 15.4 Å². The fourth-order valence-corrected chi connectivity index (χ4v) is 4.61. The Morgan fingerprint density at radius 3 is 2.50 bits per heavy atom. The van der Waals surface area contributed by atoms with Crippen molar-refractivity contribution in [2.75, 3.05) is 43.2 Å². The lowest BCUT2D eigenvalue weighted by molar-refractivity contribution is -0.116. The maximum Gasteiger partial charge on any atom is 0.279 e. The zero-order valence-corrected chi connectivity index (χ0v) is 21.3. The molecule has 0 bridgehead atoms. The highest BCUT2D eigenvalue weighted by molar-refractivity contribution is 5.97. The van der Waals surface area contributed by atoms with Crippen LogP contribution in [0.15, 0.2) is 77.2 Å². The summed E-state index contributed by atoms with van der Waals surface area (Å²) in [6, 6.07) is 18.0. The predicted octanol–water partition coefficient (Wildman–Crippen LogP) is 4.91. The number of nitrogens with zero attached hydrogens (tertiary/aromatic N) is 5. The molecule has 2 heterocycles. The zero-order chi connectivity index (χ0) is 26.8. The van der Waals surface area contributed by atoms with Crippen LogP contribution in [0, 0.1) is 4.91 Å². The van der Waals surface area contributed by atoms with Gasteiger partial charge in [0, 0.05) is 49.4 Å². The summed E-state index contributed by atoms with van der Waals surface area (Å²) < 4.78 is 6.71. The summed E-state index contributed by atoms with van der Waals surface area (Å²) in [4.78, 5) is 41.3. The second-order valence-electron chi connectivity index (χ2n) is 9.07. The molecule has 3 aromatic carbocycles. The van der Waals surface area contributed by atoms with Gasteiger partial charge >= 0.3 is 0 Å². The normalized spacial score (nSPS) is 13.4. The fourth-order valence-electron chi connectivity index (χ4n) is 4.61. The summed E-state index contributed by atoms with van der Waals surface area (Å²) >= 11 is 0. The molecule has 9 nitrogen and oxygen atoms in total. The molecule has 0 atom stereocenters. The first-order chi connectivity index (χ1) is 18.4. The van der Waals surface area contributed by atoms with Gasteiger partial charge in [-0.3, -0.25) is 9.59 Å². The molecule has 1 saturated heterocycles. The molecule has 1 aromatic heterocycles. The van der Waals surface area contributed by atoms with Crippen LogP contribution in [0.1, 0.15) is 12.5 Å². The third kappa shape index (κ3) is 4.59. The van der Waals surface area contributed by atoms with Gasteiger partial charge in [0.05, 0.1) is 24.3 Å². The molecule has 5 rings (SSSR count). The molecule has 0 unspecified atom stereocenters. The van der Waals surface area contributed by atoms with Crippen LogP contribution in [0.3, 0.4) is 0 Å². The highest BCUT2D eigenvalue weighted by Crippen LogP contribution is 2.33. The highest BCUT2D eigenvalue weighted by atomic mass is 16.5. The van der Waals surface area contributed by atoms with Gasteiger partial charge < -0.3 is 14.5 Å². The van der Waals surface area contributed by atoms with Crippen molar-refractivity contribution >= 4 is 39.8 Å². The first-order valence-corrected chi connectivity index (χ1v) is 12.3. The monoisotopic (exact) mass is 509 g/mol. The molecule has 0 saturated carbocycles. The number of hydrogen-bond acceptors (Lipinski definition) is 7. The van der Waals surface area contributed by atoms with Crippen molar-refractivity contribution in [2.45, 2.75) is 6.92 Å². The molecule has 1 aliphatic heterocycles. The van der Waals surface area contributed by atoms with Crippen LogP contribution in [0.5, 0.6) is 0 Å². The molecule has 9 heteroatoms. The van der Waals surface area contributed by atoms with Gasteiger partial charge in [0.15, 0.2) is 0 Å². The Hall–Kier alpha value is -4.63. The van der Waals surface area contributed by atoms with Crippen LogP contribution in [-0.2, 0) is 9.53 Å². The zero-order valence-electron chi connectivity index (χ0n) is 21.3. The molecule has 192 valence electrons. The predicted molar refractivity (Wildman–Crippen MR) is 150 cm³/mol. The first-order valence-electron chi connectivity index (χ1n) is 12.3.